The van der Waals surface area contributed by atoms with Gasteiger partial charge in [0.1, 0.15) is 18.2 Å². The molecule has 0 spiro atoms. The SMILES string of the molecule is COC1(c2cc(F)cc(OCc3ccc4c(=O)n(C)ccc4c3)c2)CCOCC1. The number of benzene rings is 2. The summed E-state index contributed by atoms with van der Waals surface area (Å²) in [4.78, 5) is 12.2. The Bertz CT molecular complexity index is 1090. The number of rotatable bonds is 5. The average molecular weight is 397 g/mol. The van der Waals surface area contributed by atoms with Crippen molar-refractivity contribution in [2.45, 2.75) is 25.0 Å². The van der Waals surface area contributed by atoms with E-state index in [9.17, 15) is 9.18 Å². The molecule has 6 heteroatoms. The average Bonchev–Trinajstić information content (AvgIpc) is 2.75. The van der Waals surface area contributed by atoms with Crippen LogP contribution in [0.15, 0.2) is 53.5 Å². The Kier molecular flexibility index (Phi) is 5.39. The maximum Gasteiger partial charge on any atom is 0.258 e. The molecular weight excluding hydrogens is 373 g/mol. The smallest absolute Gasteiger partial charge is 0.258 e. The molecule has 0 N–H and O–H groups in total. The number of hydrogen-bond acceptors (Lipinski definition) is 4. The zero-order valence-electron chi connectivity index (χ0n) is 16.6. The highest BCUT2D eigenvalue weighted by molar-refractivity contribution is 5.82. The van der Waals surface area contributed by atoms with Crippen LogP contribution >= 0.6 is 0 Å². The summed E-state index contributed by atoms with van der Waals surface area (Å²) >= 11 is 0. The van der Waals surface area contributed by atoms with Gasteiger partial charge in [-0.15, -0.1) is 0 Å². The number of halogens is 1. The van der Waals surface area contributed by atoms with Gasteiger partial charge in [-0.3, -0.25) is 4.79 Å². The van der Waals surface area contributed by atoms with E-state index >= 15 is 0 Å². The molecule has 29 heavy (non-hydrogen) atoms. The third-order valence-electron chi connectivity index (χ3n) is 5.64. The quantitative estimate of drug-likeness (QED) is 0.655. The number of aryl methyl sites for hydroxylation is 1. The zero-order valence-corrected chi connectivity index (χ0v) is 16.6. The van der Waals surface area contributed by atoms with Gasteiger partial charge in [-0.1, -0.05) is 6.07 Å². The Balaban J connectivity index is 1.57. The molecule has 2 aromatic carbocycles. The van der Waals surface area contributed by atoms with Gasteiger partial charge >= 0.3 is 0 Å². The first-order chi connectivity index (χ1) is 14.0. The molecule has 1 aliphatic rings. The molecule has 1 saturated heterocycles. The second-order valence-corrected chi connectivity index (χ2v) is 7.43. The molecule has 0 atom stereocenters. The fourth-order valence-corrected chi connectivity index (χ4v) is 3.87. The van der Waals surface area contributed by atoms with Crippen LogP contribution in [0.3, 0.4) is 0 Å². The molecule has 0 aliphatic carbocycles. The van der Waals surface area contributed by atoms with E-state index in [0.717, 1.165) is 16.5 Å². The number of fused-ring (bicyclic) bond motifs is 1. The number of nitrogens with zero attached hydrogens (tertiary/aromatic N) is 1. The third-order valence-corrected chi connectivity index (χ3v) is 5.64. The molecule has 1 aliphatic heterocycles. The highest BCUT2D eigenvalue weighted by atomic mass is 19.1. The Morgan fingerprint density at radius 3 is 2.69 bits per heavy atom. The van der Waals surface area contributed by atoms with Crippen LogP contribution < -0.4 is 10.3 Å². The number of pyridine rings is 1. The first-order valence-corrected chi connectivity index (χ1v) is 9.66. The van der Waals surface area contributed by atoms with Crippen molar-refractivity contribution in [2.24, 2.45) is 7.05 Å². The van der Waals surface area contributed by atoms with E-state index in [0.29, 0.717) is 37.2 Å². The minimum atomic E-state index is -0.554. The summed E-state index contributed by atoms with van der Waals surface area (Å²) in [6.45, 7) is 1.44. The van der Waals surface area contributed by atoms with Crippen LogP contribution in [0.4, 0.5) is 4.39 Å². The maximum absolute atomic E-state index is 14.3. The van der Waals surface area contributed by atoms with Crippen LogP contribution in [-0.4, -0.2) is 24.9 Å². The van der Waals surface area contributed by atoms with Gasteiger partial charge in [0, 0.05) is 57.9 Å². The predicted molar refractivity (Wildman–Crippen MR) is 109 cm³/mol. The molecule has 3 aromatic rings. The monoisotopic (exact) mass is 397 g/mol. The number of aromatic nitrogens is 1. The number of hydrogen-bond donors (Lipinski definition) is 0. The van der Waals surface area contributed by atoms with Gasteiger partial charge in [-0.25, -0.2) is 4.39 Å². The fourth-order valence-electron chi connectivity index (χ4n) is 3.87. The van der Waals surface area contributed by atoms with E-state index in [2.05, 4.69) is 0 Å². The predicted octanol–water partition coefficient (Wildman–Crippen LogP) is 3.91. The van der Waals surface area contributed by atoms with Gasteiger partial charge in [-0.2, -0.15) is 0 Å². The van der Waals surface area contributed by atoms with Crippen molar-refractivity contribution in [1.29, 1.82) is 0 Å². The molecule has 0 saturated carbocycles. The summed E-state index contributed by atoms with van der Waals surface area (Å²) in [6.07, 6.45) is 3.09. The molecule has 0 bridgehead atoms. The van der Waals surface area contributed by atoms with E-state index in [1.807, 2.05) is 24.3 Å². The van der Waals surface area contributed by atoms with Crippen molar-refractivity contribution in [2.75, 3.05) is 20.3 Å². The summed E-state index contributed by atoms with van der Waals surface area (Å²) in [5.41, 5.74) is 1.08. The first-order valence-electron chi connectivity index (χ1n) is 9.66. The largest absolute Gasteiger partial charge is 0.489 e. The van der Waals surface area contributed by atoms with Crippen molar-refractivity contribution in [3.05, 3.63) is 76.0 Å². The standard InChI is InChI=1S/C23H24FNO4/c1-25-8-5-17-11-16(3-4-21(17)22(25)26)15-29-20-13-18(12-19(24)14-20)23(27-2)6-9-28-10-7-23/h3-5,8,11-14H,6-7,9-10,15H2,1-2H3. The van der Waals surface area contributed by atoms with Crippen LogP contribution in [0.25, 0.3) is 10.8 Å². The lowest BCUT2D eigenvalue weighted by atomic mass is 9.86. The third kappa shape index (κ3) is 3.91. The van der Waals surface area contributed by atoms with E-state index in [-0.39, 0.29) is 18.0 Å². The minimum absolute atomic E-state index is 0.0361. The Morgan fingerprint density at radius 2 is 1.93 bits per heavy atom. The van der Waals surface area contributed by atoms with E-state index in [1.54, 1.807) is 31.0 Å². The van der Waals surface area contributed by atoms with Gasteiger partial charge in [0.25, 0.3) is 5.56 Å². The van der Waals surface area contributed by atoms with Crippen LogP contribution in [0.2, 0.25) is 0 Å². The van der Waals surface area contributed by atoms with Crippen molar-refractivity contribution in [1.82, 2.24) is 4.57 Å². The first kappa shape index (κ1) is 19.6. The molecule has 0 unspecified atom stereocenters. The molecule has 4 rings (SSSR count). The lowest BCUT2D eigenvalue weighted by molar-refractivity contribution is -0.0950. The summed E-state index contributed by atoms with van der Waals surface area (Å²) in [6, 6.07) is 12.2. The molecule has 1 fully saturated rings. The van der Waals surface area contributed by atoms with Crippen LogP contribution in [0.5, 0.6) is 5.75 Å². The molecule has 5 nitrogen and oxygen atoms in total. The minimum Gasteiger partial charge on any atom is -0.489 e. The number of methoxy groups -OCH3 is 1. The zero-order chi connectivity index (χ0) is 20.4. The lowest BCUT2D eigenvalue weighted by Gasteiger charge is -2.36. The van der Waals surface area contributed by atoms with Crippen LogP contribution in [0.1, 0.15) is 24.0 Å². The Labute approximate surface area is 168 Å². The Morgan fingerprint density at radius 1 is 1.14 bits per heavy atom. The highest BCUT2D eigenvalue weighted by Crippen LogP contribution is 2.37. The second-order valence-electron chi connectivity index (χ2n) is 7.43. The molecule has 1 aromatic heterocycles. The van der Waals surface area contributed by atoms with Gasteiger partial charge in [-0.05, 0) is 46.8 Å². The molecular formula is C23H24FNO4. The van der Waals surface area contributed by atoms with E-state index in [1.165, 1.54) is 12.1 Å². The van der Waals surface area contributed by atoms with Crippen molar-refractivity contribution < 1.29 is 18.6 Å². The van der Waals surface area contributed by atoms with Gasteiger partial charge < -0.3 is 18.8 Å². The summed E-state index contributed by atoms with van der Waals surface area (Å²) < 4.78 is 32.9. The highest BCUT2D eigenvalue weighted by Gasteiger charge is 2.35. The fraction of sp³-hybridized carbons (Fsp3) is 0.348. The van der Waals surface area contributed by atoms with Crippen molar-refractivity contribution in [3.63, 3.8) is 0 Å². The maximum atomic E-state index is 14.3. The molecule has 0 radical (unpaired) electrons. The number of ether oxygens (including phenoxy) is 3. The van der Waals surface area contributed by atoms with Gasteiger partial charge in [0.2, 0.25) is 0 Å². The van der Waals surface area contributed by atoms with E-state index < -0.39 is 5.60 Å². The van der Waals surface area contributed by atoms with E-state index in [4.69, 9.17) is 14.2 Å². The molecule has 152 valence electrons. The second kappa shape index (κ2) is 7.97. The molecule has 0 amide bonds. The normalized spacial score (nSPS) is 16.1. The van der Waals surface area contributed by atoms with Crippen LogP contribution in [-0.2, 0) is 28.7 Å². The topological polar surface area (TPSA) is 49.7 Å². The summed E-state index contributed by atoms with van der Waals surface area (Å²) in [5.74, 6) is 0.0921. The summed E-state index contributed by atoms with van der Waals surface area (Å²) in [5, 5.41) is 1.52. The lowest BCUT2D eigenvalue weighted by Crippen LogP contribution is -2.35. The molecule has 2 heterocycles. The summed E-state index contributed by atoms with van der Waals surface area (Å²) in [7, 11) is 3.38. The van der Waals surface area contributed by atoms with Crippen molar-refractivity contribution >= 4 is 10.8 Å². The van der Waals surface area contributed by atoms with Gasteiger partial charge in [0.15, 0.2) is 0 Å². The Hall–Kier alpha value is -2.70. The van der Waals surface area contributed by atoms with Crippen LogP contribution in [0, 0.1) is 5.82 Å². The van der Waals surface area contributed by atoms with Gasteiger partial charge in [0.05, 0.1) is 5.60 Å². The van der Waals surface area contributed by atoms with Crippen molar-refractivity contribution in [3.8, 4) is 5.75 Å².